The number of benzene rings is 2. The molecule has 0 saturated carbocycles. The minimum Gasteiger partial charge on any atom is -0.307 e. The van der Waals surface area contributed by atoms with E-state index in [9.17, 15) is 4.57 Å². The first-order valence-electron chi connectivity index (χ1n) is 6.36. The van der Waals surface area contributed by atoms with Gasteiger partial charge >= 0.3 is 0 Å². The Morgan fingerprint density at radius 1 is 0.900 bits per heavy atom. The Kier molecular flexibility index (Phi) is 4.83. The second-order valence-electron chi connectivity index (χ2n) is 4.70. The Morgan fingerprint density at radius 2 is 1.30 bits per heavy atom. The molecule has 0 aliphatic carbocycles. The van der Waals surface area contributed by atoms with Crippen LogP contribution in [0.1, 0.15) is 13.8 Å². The molecule has 0 aromatic heterocycles. The SMILES string of the molecule is CC(C)=C=C(Br)P(=O)(c1ccccc1)c1ccccc1. The van der Waals surface area contributed by atoms with Crippen molar-refractivity contribution in [2.45, 2.75) is 13.8 Å². The lowest BCUT2D eigenvalue weighted by molar-refractivity contribution is 0.592. The van der Waals surface area contributed by atoms with E-state index in [1.807, 2.05) is 74.5 Å². The summed E-state index contributed by atoms with van der Waals surface area (Å²) in [6, 6.07) is 19.1. The Bertz CT molecular complexity index is 651. The van der Waals surface area contributed by atoms with Crippen LogP contribution in [-0.2, 0) is 4.57 Å². The van der Waals surface area contributed by atoms with Crippen LogP contribution in [0.4, 0.5) is 0 Å². The fourth-order valence-corrected chi connectivity index (χ4v) is 5.88. The summed E-state index contributed by atoms with van der Waals surface area (Å²) in [6.07, 6.45) is 0. The zero-order valence-electron chi connectivity index (χ0n) is 11.5. The zero-order valence-corrected chi connectivity index (χ0v) is 14.0. The van der Waals surface area contributed by atoms with Crippen LogP contribution in [0, 0.1) is 0 Å². The van der Waals surface area contributed by atoms with Crippen molar-refractivity contribution >= 4 is 33.7 Å². The van der Waals surface area contributed by atoms with E-state index in [2.05, 4.69) is 21.7 Å². The lowest BCUT2D eigenvalue weighted by Crippen LogP contribution is -2.15. The maximum absolute atomic E-state index is 13.7. The van der Waals surface area contributed by atoms with Gasteiger partial charge in [0.1, 0.15) is 4.22 Å². The first-order chi connectivity index (χ1) is 9.55. The van der Waals surface area contributed by atoms with Gasteiger partial charge in [-0.2, -0.15) is 0 Å². The predicted octanol–water partition coefficient (Wildman–Crippen LogP) is 4.80. The average Bonchev–Trinajstić information content (AvgIpc) is 2.47. The van der Waals surface area contributed by atoms with Crippen molar-refractivity contribution in [3.8, 4) is 0 Å². The van der Waals surface area contributed by atoms with Gasteiger partial charge in [0.05, 0.1) is 0 Å². The van der Waals surface area contributed by atoms with Gasteiger partial charge in [-0.25, -0.2) is 0 Å². The van der Waals surface area contributed by atoms with Crippen LogP contribution >= 0.6 is 23.1 Å². The molecule has 3 heteroatoms. The molecule has 0 bridgehead atoms. The lowest BCUT2D eigenvalue weighted by Gasteiger charge is -2.17. The third-order valence-corrected chi connectivity index (χ3v) is 7.28. The summed E-state index contributed by atoms with van der Waals surface area (Å²) in [7, 11) is -2.87. The molecule has 102 valence electrons. The molecule has 20 heavy (non-hydrogen) atoms. The first-order valence-corrected chi connectivity index (χ1v) is 8.86. The van der Waals surface area contributed by atoms with E-state index in [-0.39, 0.29) is 0 Å². The highest BCUT2D eigenvalue weighted by atomic mass is 79.9. The van der Waals surface area contributed by atoms with Crippen LogP contribution in [-0.4, -0.2) is 0 Å². The summed E-state index contributed by atoms with van der Waals surface area (Å²) < 4.78 is 14.3. The average molecular weight is 347 g/mol. The van der Waals surface area contributed by atoms with Gasteiger partial charge < -0.3 is 4.57 Å². The van der Waals surface area contributed by atoms with E-state index in [0.717, 1.165) is 16.2 Å². The second kappa shape index (κ2) is 6.41. The molecule has 0 atom stereocenters. The molecule has 0 aliphatic heterocycles. The van der Waals surface area contributed by atoms with E-state index in [1.165, 1.54) is 0 Å². The molecule has 2 aromatic rings. The highest BCUT2D eigenvalue weighted by Crippen LogP contribution is 2.54. The van der Waals surface area contributed by atoms with E-state index in [1.54, 1.807) is 0 Å². The van der Waals surface area contributed by atoms with Gasteiger partial charge in [-0.1, -0.05) is 60.7 Å². The predicted molar refractivity (Wildman–Crippen MR) is 90.6 cm³/mol. The van der Waals surface area contributed by atoms with Gasteiger partial charge in [-0.05, 0) is 35.4 Å². The van der Waals surface area contributed by atoms with Gasteiger partial charge in [-0.3, -0.25) is 0 Å². The molecule has 0 spiro atoms. The molecule has 0 amide bonds. The third kappa shape index (κ3) is 3.04. The van der Waals surface area contributed by atoms with Crippen molar-refractivity contribution in [3.05, 3.63) is 76.2 Å². The molecule has 2 rings (SSSR count). The number of rotatable bonds is 3. The fraction of sp³-hybridized carbons (Fsp3) is 0.118. The van der Waals surface area contributed by atoms with Crippen LogP contribution in [0.2, 0.25) is 0 Å². The Labute approximate surface area is 128 Å². The second-order valence-corrected chi connectivity index (χ2v) is 8.80. The Balaban J connectivity index is 2.75. The van der Waals surface area contributed by atoms with Crippen LogP contribution < -0.4 is 10.6 Å². The summed E-state index contributed by atoms with van der Waals surface area (Å²) in [5, 5.41) is 1.62. The normalized spacial score (nSPS) is 10.8. The third-order valence-electron chi connectivity index (χ3n) is 2.87. The molecule has 2 aromatic carbocycles. The van der Waals surface area contributed by atoms with Gasteiger partial charge in [0, 0.05) is 10.6 Å². The Morgan fingerprint density at radius 3 is 1.65 bits per heavy atom. The van der Waals surface area contributed by atoms with Gasteiger partial charge in [-0.15, -0.1) is 5.73 Å². The topological polar surface area (TPSA) is 17.1 Å². The molecule has 0 unspecified atom stereocenters. The van der Waals surface area contributed by atoms with Gasteiger partial charge in [0.2, 0.25) is 0 Å². The first kappa shape index (κ1) is 15.1. The maximum atomic E-state index is 13.7. The fourth-order valence-electron chi connectivity index (χ4n) is 1.94. The largest absolute Gasteiger partial charge is 0.307 e. The maximum Gasteiger partial charge on any atom is 0.185 e. The summed E-state index contributed by atoms with van der Waals surface area (Å²) >= 11 is 3.50. The highest BCUT2D eigenvalue weighted by Gasteiger charge is 2.30. The smallest absolute Gasteiger partial charge is 0.185 e. The number of allylic oxidation sites excluding steroid dienone is 1. The minimum absolute atomic E-state index is 0.613. The minimum atomic E-state index is -2.87. The summed E-state index contributed by atoms with van der Waals surface area (Å²) in [5.41, 5.74) is 4.16. The van der Waals surface area contributed by atoms with Gasteiger partial charge in [0.25, 0.3) is 0 Å². The number of hydrogen-bond donors (Lipinski definition) is 0. The molecule has 0 N–H and O–H groups in total. The van der Waals surface area contributed by atoms with Crippen molar-refractivity contribution in [2.75, 3.05) is 0 Å². The van der Waals surface area contributed by atoms with E-state index >= 15 is 0 Å². The molecule has 0 heterocycles. The molecule has 0 aliphatic rings. The summed E-state index contributed by atoms with van der Waals surface area (Å²) in [6.45, 7) is 3.89. The van der Waals surface area contributed by atoms with Crippen molar-refractivity contribution < 1.29 is 4.57 Å². The molecule has 1 nitrogen and oxygen atoms in total. The van der Waals surface area contributed by atoms with Crippen molar-refractivity contribution in [3.63, 3.8) is 0 Å². The van der Waals surface area contributed by atoms with E-state index in [0.29, 0.717) is 4.22 Å². The summed E-state index contributed by atoms with van der Waals surface area (Å²) in [5.74, 6) is 0. The van der Waals surface area contributed by atoms with Crippen LogP contribution in [0.25, 0.3) is 0 Å². The van der Waals surface area contributed by atoms with Crippen LogP contribution in [0.15, 0.2) is 76.2 Å². The molecular weight excluding hydrogens is 331 g/mol. The molecular formula is C17H16BrOP. The lowest BCUT2D eigenvalue weighted by atomic mass is 10.4. The van der Waals surface area contributed by atoms with Crippen molar-refractivity contribution in [2.24, 2.45) is 0 Å². The van der Waals surface area contributed by atoms with Gasteiger partial charge in [0.15, 0.2) is 7.14 Å². The standard InChI is InChI=1S/C17H16BrOP/c1-14(2)13-17(18)20(19,15-9-5-3-6-10-15)16-11-7-4-8-12-16/h3-12H,1-2H3. The quantitative estimate of drug-likeness (QED) is 0.576. The van der Waals surface area contributed by atoms with E-state index in [4.69, 9.17) is 0 Å². The van der Waals surface area contributed by atoms with Crippen molar-refractivity contribution in [1.82, 2.24) is 0 Å². The molecule has 0 fully saturated rings. The Hall–Kier alpha value is -1.33. The monoisotopic (exact) mass is 346 g/mol. The zero-order chi connectivity index (χ0) is 14.6. The summed E-state index contributed by atoms with van der Waals surface area (Å²) in [4.78, 5) is 0. The molecule has 0 saturated heterocycles. The van der Waals surface area contributed by atoms with Crippen LogP contribution in [0.3, 0.4) is 0 Å². The van der Waals surface area contributed by atoms with Crippen molar-refractivity contribution in [1.29, 1.82) is 0 Å². The number of halogens is 1. The highest BCUT2D eigenvalue weighted by molar-refractivity contribution is 9.13. The van der Waals surface area contributed by atoms with E-state index < -0.39 is 7.14 Å². The molecule has 0 radical (unpaired) electrons. The number of hydrogen-bond acceptors (Lipinski definition) is 1. The van der Waals surface area contributed by atoms with Crippen LogP contribution in [0.5, 0.6) is 0 Å².